The van der Waals surface area contributed by atoms with E-state index in [4.69, 9.17) is 10.2 Å². The van der Waals surface area contributed by atoms with Crippen LogP contribution in [0.4, 0.5) is 0 Å². The van der Waals surface area contributed by atoms with Crippen LogP contribution in [0.15, 0.2) is 0 Å². The molecule has 0 aromatic heterocycles. The Bertz CT molecular complexity index is 264. The zero-order valence-corrected chi connectivity index (χ0v) is 8.93. The molecule has 1 heterocycles. The Hall–Kier alpha value is -1.10. The molecule has 3 atom stereocenters. The van der Waals surface area contributed by atoms with Crippen molar-refractivity contribution in [3.05, 3.63) is 0 Å². The lowest BCUT2D eigenvalue weighted by Gasteiger charge is -2.22. The molecule has 3 N–H and O–H groups in total. The van der Waals surface area contributed by atoms with E-state index in [0.29, 0.717) is 12.5 Å². The summed E-state index contributed by atoms with van der Waals surface area (Å²) in [5, 5.41) is 20.6. The standard InChI is InChI=1S/C10H17NO4/c1-5(2)7-4-11-9(10(14)15)6(7)3-8(12)13/h5-7,9,11H,3-4H2,1-2H3,(H,12,13)(H,14,15). The quantitative estimate of drug-likeness (QED) is 0.632. The molecule has 0 aliphatic carbocycles. The van der Waals surface area contributed by atoms with E-state index in [1.807, 2.05) is 13.8 Å². The van der Waals surface area contributed by atoms with E-state index in [1.54, 1.807) is 0 Å². The molecule has 0 radical (unpaired) electrons. The second kappa shape index (κ2) is 4.61. The molecule has 0 aromatic rings. The van der Waals surface area contributed by atoms with Crippen molar-refractivity contribution in [2.45, 2.75) is 26.3 Å². The monoisotopic (exact) mass is 215 g/mol. The highest BCUT2D eigenvalue weighted by Crippen LogP contribution is 2.31. The predicted octanol–water partition coefficient (Wildman–Crippen LogP) is 0.406. The molecular weight excluding hydrogens is 198 g/mol. The number of carboxylic acid groups (broad SMARTS) is 2. The second-order valence-corrected chi connectivity index (χ2v) is 4.39. The van der Waals surface area contributed by atoms with Gasteiger partial charge in [-0.1, -0.05) is 13.8 Å². The van der Waals surface area contributed by atoms with Gasteiger partial charge in [-0.15, -0.1) is 0 Å². The number of aliphatic carboxylic acids is 2. The van der Waals surface area contributed by atoms with Gasteiger partial charge in [-0.25, -0.2) is 0 Å². The summed E-state index contributed by atoms with van der Waals surface area (Å²) < 4.78 is 0. The molecule has 0 bridgehead atoms. The summed E-state index contributed by atoms with van der Waals surface area (Å²) in [4.78, 5) is 21.6. The van der Waals surface area contributed by atoms with Gasteiger partial charge in [-0.3, -0.25) is 9.59 Å². The zero-order valence-electron chi connectivity index (χ0n) is 8.93. The maximum Gasteiger partial charge on any atom is 0.321 e. The molecule has 3 unspecified atom stereocenters. The van der Waals surface area contributed by atoms with Crippen LogP contribution in [0.2, 0.25) is 0 Å². The summed E-state index contributed by atoms with van der Waals surface area (Å²) >= 11 is 0. The van der Waals surface area contributed by atoms with Gasteiger partial charge >= 0.3 is 11.9 Å². The van der Waals surface area contributed by atoms with E-state index in [1.165, 1.54) is 0 Å². The van der Waals surface area contributed by atoms with Crippen molar-refractivity contribution in [2.75, 3.05) is 6.54 Å². The molecule has 1 saturated heterocycles. The first-order valence-corrected chi connectivity index (χ1v) is 5.11. The Labute approximate surface area is 88.5 Å². The summed E-state index contributed by atoms with van der Waals surface area (Å²) in [5.74, 6) is -1.77. The number of hydrogen-bond donors (Lipinski definition) is 3. The molecule has 86 valence electrons. The molecule has 1 aliphatic heterocycles. The molecule has 1 aliphatic rings. The molecule has 15 heavy (non-hydrogen) atoms. The van der Waals surface area contributed by atoms with Crippen LogP contribution in [0.1, 0.15) is 20.3 Å². The van der Waals surface area contributed by atoms with Gasteiger partial charge < -0.3 is 15.5 Å². The van der Waals surface area contributed by atoms with E-state index in [-0.39, 0.29) is 18.3 Å². The van der Waals surface area contributed by atoms with Gasteiger partial charge in [-0.05, 0) is 24.3 Å². The zero-order chi connectivity index (χ0) is 11.6. The Kier molecular flexibility index (Phi) is 3.68. The summed E-state index contributed by atoms with van der Waals surface area (Å²) in [7, 11) is 0. The summed E-state index contributed by atoms with van der Waals surface area (Å²) in [5.41, 5.74) is 0. The molecule has 0 amide bonds. The molecule has 0 saturated carbocycles. The van der Waals surface area contributed by atoms with Crippen LogP contribution in [0.5, 0.6) is 0 Å². The van der Waals surface area contributed by atoms with Crippen LogP contribution in [0.25, 0.3) is 0 Å². The number of nitrogens with one attached hydrogen (secondary N) is 1. The number of hydrogen-bond acceptors (Lipinski definition) is 3. The van der Waals surface area contributed by atoms with E-state index < -0.39 is 18.0 Å². The lowest BCUT2D eigenvalue weighted by Crippen LogP contribution is -2.37. The van der Waals surface area contributed by atoms with Crippen molar-refractivity contribution in [3.63, 3.8) is 0 Å². The van der Waals surface area contributed by atoms with E-state index in [9.17, 15) is 9.59 Å². The Morgan fingerprint density at radius 2 is 2.00 bits per heavy atom. The molecule has 5 heteroatoms. The molecule has 5 nitrogen and oxygen atoms in total. The molecular formula is C10H17NO4. The van der Waals surface area contributed by atoms with Crippen molar-refractivity contribution >= 4 is 11.9 Å². The fourth-order valence-corrected chi connectivity index (χ4v) is 2.28. The Morgan fingerprint density at radius 1 is 1.40 bits per heavy atom. The van der Waals surface area contributed by atoms with Gasteiger partial charge in [0, 0.05) is 0 Å². The van der Waals surface area contributed by atoms with Crippen LogP contribution < -0.4 is 5.32 Å². The number of carboxylic acids is 2. The second-order valence-electron chi connectivity index (χ2n) is 4.39. The third kappa shape index (κ3) is 2.68. The summed E-state index contributed by atoms with van der Waals surface area (Å²) in [6.45, 7) is 4.57. The van der Waals surface area contributed by atoms with Crippen molar-refractivity contribution in [2.24, 2.45) is 17.8 Å². The van der Waals surface area contributed by atoms with Crippen LogP contribution in [-0.2, 0) is 9.59 Å². The van der Waals surface area contributed by atoms with Gasteiger partial charge in [0.1, 0.15) is 6.04 Å². The van der Waals surface area contributed by atoms with Crippen molar-refractivity contribution < 1.29 is 19.8 Å². The van der Waals surface area contributed by atoms with Crippen molar-refractivity contribution in [1.29, 1.82) is 0 Å². The highest BCUT2D eigenvalue weighted by molar-refractivity contribution is 5.76. The first-order valence-electron chi connectivity index (χ1n) is 5.11. The summed E-state index contributed by atoms with van der Waals surface area (Å²) in [6.07, 6.45) is -0.0766. The molecule has 0 aromatic carbocycles. The van der Waals surface area contributed by atoms with Crippen molar-refractivity contribution in [3.8, 4) is 0 Å². The highest BCUT2D eigenvalue weighted by Gasteiger charge is 2.42. The van der Waals surface area contributed by atoms with E-state index in [2.05, 4.69) is 5.32 Å². The first kappa shape index (κ1) is 12.0. The van der Waals surface area contributed by atoms with Gasteiger partial charge in [0.15, 0.2) is 0 Å². The maximum absolute atomic E-state index is 10.9. The smallest absolute Gasteiger partial charge is 0.321 e. The number of carbonyl (C=O) groups is 2. The molecule has 1 rings (SSSR count). The fraction of sp³-hybridized carbons (Fsp3) is 0.800. The SMILES string of the molecule is CC(C)C1CNC(C(=O)O)C1CC(=O)O. The predicted molar refractivity (Wildman–Crippen MR) is 53.5 cm³/mol. The van der Waals surface area contributed by atoms with Crippen LogP contribution in [-0.4, -0.2) is 34.7 Å². The fourth-order valence-electron chi connectivity index (χ4n) is 2.28. The summed E-state index contributed by atoms with van der Waals surface area (Å²) in [6, 6.07) is -0.714. The van der Waals surface area contributed by atoms with Crippen LogP contribution in [0, 0.1) is 17.8 Å². The van der Waals surface area contributed by atoms with Gasteiger partial charge in [0.05, 0.1) is 6.42 Å². The minimum absolute atomic E-state index is 0.0766. The van der Waals surface area contributed by atoms with E-state index in [0.717, 1.165) is 0 Å². The molecule has 1 fully saturated rings. The molecule has 0 spiro atoms. The minimum Gasteiger partial charge on any atom is -0.481 e. The lowest BCUT2D eigenvalue weighted by atomic mass is 9.81. The average molecular weight is 215 g/mol. The minimum atomic E-state index is -0.954. The van der Waals surface area contributed by atoms with E-state index >= 15 is 0 Å². The average Bonchev–Trinajstić information content (AvgIpc) is 2.46. The van der Waals surface area contributed by atoms with Crippen LogP contribution in [0.3, 0.4) is 0 Å². The van der Waals surface area contributed by atoms with Gasteiger partial charge in [0.2, 0.25) is 0 Å². The van der Waals surface area contributed by atoms with Gasteiger partial charge in [0.25, 0.3) is 0 Å². The number of rotatable bonds is 4. The Balaban J connectivity index is 2.77. The maximum atomic E-state index is 10.9. The highest BCUT2D eigenvalue weighted by atomic mass is 16.4. The topological polar surface area (TPSA) is 86.6 Å². The first-order chi connectivity index (χ1) is 6.93. The lowest BCUT2D eigenvalue weighted by molar-refractivity contribution is -0.142. The Morgan fingerprint density at radius 3 is 2.40 bits per heavy atom. The largest absolute Gasteiger partial charge is 0.481 e. The van der Waals surface area contributed by atoms with Gasteiger partial charge in [-0.2, -0.15) is 0 Å². The third-order valence-electron chi connectivity index (χ3n) is 3.08. The van der Waals surface area contributed by atoms with Crippen LogP contribution >= 0.6 is 0 Å². The third-order valence-corrected chi connectivity index (χ3v) is 3.08. The van der Waals surface area contributed by atoms with Crippen molar-refractivity contribution in [1.82, 2.24) is 5.32 Å². The normalized spacial score (nSPS) is 30.7.